The van der Waals surface area contributed by atoms with Gasteiger partial charge in [0.15, 0.2) is 43.1 Å². The number of carbonyl (C=O) groups is 7. The van der Waals surface area contributed by atoms with Crippen LogP contribution in [0.1, 0.15) is 72.5 Å². The molecule has 0 amide bonds. The van der Waals surface area contributed by atoms with Gasteiger partial charge in [0.05, 0.1) is 38.9 Å². The number of ether oxygens (including phenoxy) is 10. The molecule has 2 saturated heterocycles. The van der Waals surface area contributed by atoms with Crippen molar-refractivity contribution in [3.05, 3.63) is 251 Å². The van der Waals surface area contributed by atoms with Gasteiger partial charge in [0.1, 0.15) is 31.5 Å². The molecule has 0 radical (unpaired) electrons. The Morgan fingerprint density at radius 3 is 0.962 bits per heavy atom. The molecule has 0 bridgehead atoms. The van der Waals surface area contributed by atoms with E-state index < -0.39 is 116 Å². The van der Waals surface area contributed by atoms with Crippen molar-refractivity contribution in [3.63, 3.8) is 0 Å². The molecule has 7 aromatic rings. The second-order valence-corrected chi connectivity index (χ2v) is 17.8. The van der Waals surface area contributed by atoms with Gasteiger partial charge < -0.3 is 52.5 Å². The van der Waals surface area contributed by atoms with E-state index in [1.807, 2.05) is 0 Å². The van der Waals surface area contributed by atoms with Crippen molar-refractivity contribution < 1.29 is 86.0 Å². The van der Waals surface area contributed by atoms with Gasteiger partial charge in [-0.3, -0.25) is 0 Å². The van der Waals surface area contributed by atoms with Crippen molar-refractivity contribution in [2.24, 2.45) is 0 Å². The summed E-state index contributed by atoms with van der Waals surface area (Å²) in [6.45, 7) is -1.50. The minimum absolute atomic E-state index is 0.0157. The summed E-state index contributed by atoms with van der Waals surface area (Å²) in [6.07, 6.45) is -18.3. The predicted octanol–water partition coefficient (Wildman–Crippen LogP) is 7.66. The zero-order valence-corrected chi connectivity index (χ0v) is 41.8. The summed E-state index contributed by atoms with van der Waals surface area (Å²) in [7, 11) is 0. The van der Waals surface area contributed by atoms with Crippen LogP contribution in [0.25, 0.3) is 0 Å². The van der Waals surface area contributed by atoms with Crippen LogP contribution in [0.4, 0.5) is 0 Å². The van der Waals surface area contributed by atoms with E-state index in [1.165, 1.54) is 84.9 Å². The summed E-state index contributed by atoms with van der Waals surface area (Å²) in [4.78, 5) is 97.8. The van der Waals surface area contributed by atoms with E-state index in [0.29, 0.717) is 0 Å². The van der Waals surface area contributed by atoms with Crippen LogP contribution in [0.5, 0.6) is 0 Å². The molecule has 10 atom stereocenters. The topological polar surface area (TPSA) is 232 Å². The van der Waals surface area contributed by atoms with E-state index in [4.69, 9.17) is 47.4 Å². The quantitative estimate of drug-likeness (QED) is 0.0570. The molecule has 2 heterocycles. The number of rotatable bonds is 20. The van der Waals surface area contributed by atoms with Crippen LogP contribution in [0.2, 0.25) is 0 Å². The highest BCUT2D eigenvalue weighted by Crippen LogP contribution is 2.38. The molecule has 2 aliphatic heterocycles. The first kappa shape index (κ1) is 54.5. The Hall–Kier alpha value is -9.33. The van der Waals surface area contributed by atoms with E-state index in [0.717, 1.165) is 0 Å². The molecular formula is C61H50O18. The fraction of sp³-hybridized carbons (Fsp3) is 0.197. The first-order valence-corrected chi connectivity index (χ1v) is 24.9. The third-order valence-electron chi connectivity index (χ3n) is 12.5. The Labute approximate surface area is 452 Å². The molecular weight excluding hydrogens is 1020 g/mol. The lowest BCUT2D eigenvalue weighted by Crippen LogP contribution is -2.50. The summed E-state index contributed by atoms with van der Waals surface area (Å²) < 4.78 is 61.5. The van der Waals surface area contributed by atoms with Gasteiger partial charge in [0.2, 0.25) is 0 Å². The predicted molar refractivity (Wildman–Crippen MR) is 276 cm³/mol. The Balaban J connectivity index is 1.15. The van der Waals surface area contributed by atoms with Gasteiger partial charge in [-0.15, -0.1) is 0 Å². The van der Waals surface area contributed by atoms with E-state index >= 15 is 0 Å². The summed E-state index contributed by atoms with van der Waals surface area (Å²) in [6, 6.07) is 54.4. The van der Waals surface area contributed by atoms with Gasteiger partial charge in [-0.1, -0.05) is 127 Å². The zero-order chi connectivity index (χ0) is 55.1. The number of hydrogen-bond acceptors (Lipinski definition) is 18. The fourth-order valence-electron chi connectivity index (χ4n) is 8.60. The average molecular weight is 1070 g/mol. The summed E-state index contributed by atoms with van der Waals surface area (Å²) in [5.41, 5.74) is 0.462. The lowest BCUT2D eigenvalue weighted by atomic mass is 10.0. The second kappa shape index (κ2) is 26.1. The van der Waals surface area contributed by atoms with Gasteiger partial charge in [0, 0.05) is 0 Å². The van der Waals surface area contributed by atoms with Crippen LogP contribution >= 0.6 is 0 Å². The number of benzene rings is 7. The molecule has 2 aliphatic rings. The lowest BCUT2D eigenvalue weighted by molar-refractivity contribution is -0.226. The third kappa shape index (κ3) is 13.8. The van der Waals surface area contributed by atoms with Gasteiger partial charge in [-0.25, -0.2) is 33.6 Å². The molecule has 0 aromatic heterocycles. The normalized spacial score (nSPS) is 21.0. The maximum atomic E-state index is 14.3. The van der Waals surface area contributed by atoms with Gasteiger partial charge in [0.25, 0.3) is 0 Å². The molecule has 0 unspecified atom stereocenters. The van der Waals surface area contributed by atoms with Crippen LogP contribution in [0, 0.1) is 0 Å². The molecule has 79 heavy (non-hydrogen) atoms. The Morgan fingerprint density at radius 2 is 0.620 bits per heavy atom. The molecule has 402 valence electrons. The SMILES string of the molecule is O=C(OC[C@@H](OC(=O)c1ccccc1)[C@@H]1O[C@@H](O[C@@H]2[C@H](OC(=O)c3ccccc3)[C@@H](O)O[C@@H]2[C@@H](COC(=O)c2ccccc2)OC(=O)c2ccccc2)[C@H](OC(=O)c2ccccc2)[C@H]1OC(=O)c1ccccc1)c1ccccc1. The van der Waals surface area contributed by atoms with Crippen molar-refractivity contribution in [2.75, 3.05) is 13.2 Å². The van der Waals surface area contributed by atoms with E-state index in [1.54, 1.807) is 127 Å². The number of aliphatic hydroxyl groups is 1. The summed E-state index contributed by atoms with van der Waals surface area (Å²) in [5, 5.41) is 11.8. The molecule has 1 N–H and O–H groups in total. The maximum Gasteiger partial charge on any atom is 0.338 e. The largest absolute Gasteiger partial charge is 0.458 e. The highest BCUT2D eigenvalue weighted by molar-refractivity contribution is 5.93. The standard InChI is InChI=1S/C61H50O18/c62-53(38-22-8-1-9-23-38)70-36-45(72-55(64)40-26-12-3-13-27-40)47-49(51(60(69)74-47)76-58(67)43-32-18-6-19-33-43)79-61-52(77-59(68)44-34-20-7-21-35-44)50(75-57(66)42-30-16-5-17-31-42)48(78-61)46(73-56(65)41-28-14-4-15-29-41)37-71-54(63)39-24-10-2-11-25-39/h1-35,45-52,60-61,69H,36-37H2/t45-,46-,47-,48+,49+,50+,51+,52-,60+,61+/m1/s1. The van der Waals surface area contributed by atoms with E-state index in [-0.39, 0.29) is 38.9 Å². The first-order valence-electron chi connectivity index (χ1n) is 24.9. The van der Waals surface area contributed by atoms with Crippen molar-refractivity contribution in [3.8, 4) is 0 Å². The third-order valence-corrected chi connectivity index (χ3v) is 12.5. The monoisotopic (exact) mass is 1070 g/mol. The van der Waals surface area contributed by atoms with Crippen molar-refractivity contribution in [1.29, 1.82) is 0 Å². The van der Waals surface area contributed by atoms with Gasteiger partial charge in [-0.05, 0) is 84.9 Å². The zero-order valence-electron chi connectivity index (χ0n) is 41.8. The first-order chi connectivity index (χ1) is 38.5. The Bertz CT molecular complexity index is 3170. The molecule has 0 spiro atoms. The van der Waals surface area contributed by atoms with Crippen LogP contribution in [-0.4, -0.2) is 122 Å². The van der Waals surface area contributed by atoms with Crippen LogP contribution < -0.4 is 0 Å². The summed E-state index contributed by atoms with van der Waals surface area (Å²) >= 11 is 0. The number of esters is 7. The highest BCUT2D eigenvalue weighted by Gasteiger charge is 2.59. The average Bonchev–Trinajstić information content (AvgIpc) is 4.05. The van der Waals surface area contributed by atoms with Crippen molar-refractivity contribution in [2.45, 2.75) is 61.4 Å². The molecule has 2 fully saturated rings. The van der Waals surface area contributed by atoms with Crippen molar-refractivity contribution >= 4 is 41.8 Å². The lowest BCUT2D eigenvalue weighted by Gasteiger charge is -2.31. The molecule has 18 heteroatoms. The van der Waals surface area contributed by atoms with Crippen LogP contribution in [0.3, 0.4) is 0 Å². The summed E-state index contributed by atoms with van der Waals surface area (Å²) in [5.74, 6) is -6.50. The van der Waals surface area contributed by atoms with Gasteiger partial charge >= 0.3 is 41.8 Å². The highest BCUT2D eigenvalue weighted by atomic mass is 16.8. The molecule has 0 aliphatic carbocycles. The van der Waals surface area contributed by atoms with Crippen LogP contribution in [0.15, 0.2) is 212 Å². The Kier molecular flexibility index (Phi) is 18.0. The van der Waals surface area contributed by atoms with E-state index in [2.05, 4.69) is 0 Å². The number of aliphatic hydroxyl groups excluding tert-OH is 1. The molecule has 18 nitrogen and oxygen atoms in total. The molecule has 7 aromatic carbocycles. The Morgan fingerprint density at radius 1 is 0.342 bits per heavy atom. The maximum absolute atomic E-state index is 14.3. The number of hydrogen-bond donors (Lipinski definition) is 1. The minimum atomic E-state index is -2.07. The smallest absolute Gasteiger partial charge is 0.338 e. The minimum Gasteiger partial charge on any atom is -0.458 e. The fourth-order valence-corrected chi connectivity index (χ4v) is 8.60. The van der Waals surface area contributed by atoms with Gasteiger partial charge in [-0.2, -0.15) is 0 Å². The van der Waals surface area contributed by atoms with E-state index in [9.17, 15) is 38.7 Å². The number of carbonyl (C=O) groups excluding carboxylic acids is 7. The van der Waals surface area contributed by atoms with Crippen LogP contribution in [-0.2, 0) is 47.4 Å². The second-order valence-electron chi connectivity index (χ2n) is 17.8. The molecule has 0 saturated carbocycles. The van der Waals surface area contributed by atoms with Crippen molar-refractivity contribution in [1.82, 2.24) is 0 Å². The molecule has 9 rings (SSSR count).